The van der Waals surface area contributed by atoms with Crippen LogP contribution in [0.15, 0.2) is 0 Å². The third-order valence-electron chi connectivity index (χ3n) is 1.10. The summed E-state index contributed by atoms with van der Waals surface area (Å²) in [6.45, 7) is 5.28. The first-order chi connectivity index (χ1) is 5.26. The number of alkyl halides is 2. The van der Waals surface area contributed by atoms with Crippen molar-refractivity contribution in [3.63, 3.8) is 0 Å². The second-order valence-corrected chi connectivity index (χ2v) is 3.77. The molecule has 0 spiro atoms. The van der Waals surface area contributed by atoms with Crippen LogP contribution in [0.4, 0.5) is 0 Å². The van der Waals surface area contributed by atoms with Gasteiger partial charge in [0.2, 0.25) is 0 Å². The second kappa shape index (κ2) is 7.53. The standard InChI is InChI=1S/C7H14Br2O2/c1-3-10-7(11-4-2)6(9)5-8/h6-7H,3-5H2,1-2H3. The maximum atomic E-state index is 5.34. The number of hydrogen-bond acceptors (Lipinski definition) is 2. The second-order valence-electron chi connectivity index (χ2n) is 1.95. The summed E-state index contributed by atoms with van der Waals surface area (Å²) in [6.07, 6.45) is -0.135. The molecule has 0 aliphatic rings. The van der Waals surface area contributed by atoms with Gasteiger partial charge in [-0.25, -0.2) is 0 Å². The molecule has 1 unspecified atom stereocenters. The lowest BCUT2D eigenvalue weighted by Crippen LogP contribution is -2.28. The summed E-state index contributed by atoms with van der Waals surface area (Å²) in [6, 6.07) is 0. The first-order valence-electron chi connectivity index (χ1n) is 3.69. The van der Waals surface area contributed by atoms with Crippen molar-refractivity contribution in [1.82, 2.24) is 0 Å². The molecule has 0 aromatic carbocycles. The van der Waals surface area contributed by atoms with Gasteiger partial charge in [0.1, 0.15) is 0 Å². The van der Waals surface area contributed by atoms with Gasteiger partial charge in [0.15, 0.2) is 6.29 Å². The Labute approximate surface area is 84.9 Å². The van der Waals surface area contributed by atoms with E-state index in [0.29, 0.717) is 13.2 Å². The lowest BCUT2D eigenvalue weighted by molar-refractivity contribution is -0.131. The van der Waals surface area contributed by atoms with Crippen LogP contribution in [0, 0.1) is 0 Å². The third kappa shape index (κ3) is 5.17. The van der Waals surface area contributed by atoms with E-state index in [1.54, 1.807) is 0 Å². The maximum Gasteiger partial charge on any atom is 0.170 e. The summed E-state index contributed by atoms with van der Waals surface area (Å²) < 4.78 is 10.7. The van der Waals surface area contributed by atoms with Gasteiger partial charge >= 0.3 is 0 Å². The van der Waals surface area contributed by atoms with Crippen LogP contribution in [-0.4, -0.2) is 29.7 Å². The van der Waals surface area contributed by atoms with Crippen LogP contribution in [0.5, 0.6) is 0 Å². The zero-order chi connectivity index (χ0) is 8.69. The third-order valence-corrected chi connectivity index (χ3v) is 3.43. The van der Waals surface area contributed by atoms with Crippen LogP contribution in [0.3, 0.4) is 0 Å². The molecule has 0 saturated carbocycles. The Morgan fingerprint density at radius 1 is 1.18 bits per heavy atom. The van der Waals surface area contributed by atoms with E-state index in [-0.39, 0.29) is 11.1 Å². The predicted octanol–water partition coefficient (Wildman–Crippen LogP) is 2.54. The Morgan fingerprint density at radius 3 is 1.91 bits per heavy atom. The van der Waals surface area contributed by atoms with Gasteiger partial charge in [0, 0.05) is 18.5 Å². The van der Waals surface area contributed by atoms with E-state index in [9.17, 15) is 0 Å². The first kappa shape index (κ1) is 11.9. The SMILES string of the molecule is CCOC(OCC)C(Br)CBr. The summed E-state index contributed by atoms with van der Waals surface area (Å²) in [5.41, 5.74) is 0. The van der Waals surface area contributed by atoms with Crippen molar-refractivity contribution >= 4 is 31.9 Å². The summed E-state index contributed by atoms with van der Waals surface area (Å²) in [5, 5.41) is 0.831. The average Bonchev–Trinajstić information content (AvgIpc) is 2.03. The predicted molar refractivity (Wildman–Crippen MR) is 53.5 cm³/mol. The van der Waals surface area contributed by atoms with Crippen LogP contribution in [0.25, 0.3) is 0 Å². The molecule has 4 heteroatoms. The largest absolute Gasteiger partial charge is 0.352 e. The van der Waals surface area contributed by atoms with E-state index >= 15 is 0 Å². The number of halogens is 2. The molecule has 0 aromatic rings. The topological polar surface area (TPSA) is 18.5 Å². The zero-order valence-electron chi connectivity index (χ0n) is 6.85. The summed E-state index contributed by atoms with van der Waals surface area (Å²) in [5.74, 6) is 0. The van der Waals surface area contributed by atoms with E-state index in [2.05, 4.69) is 31.9 Å². The van der Waals surface area contributed by atoms with Crippen molar-refractivity contribution in [2.45, 2.75) is 25.0 Å². The molecule has 68 valence electrons. The monoisotopic (exact) mass is 288 g/mol. The molecule has 0 saturated heterocycles. The molecule has 0 aliphatic heterocycles. The fourth-order valence-electron chi connectivity index (χ4n) is 0.658. The number of hydrogen-bond donors (Lipinski definition) is 0. The van der Waals surface area contributed by atoms with Crippen LogP contribution in [0.2, 0.25) is 0 Å². The minimum atomic E-state index is -0.135. The van der Waals surface area contributed by atoms with Crippen LogP contribution < -0.4 is 0 Å². The van der Waals surface area contributed by atoms with Crippen LogP contribution >= 0.6 is 31.9 Å². The smallest absolute Gasteiger partial charge is 0.170 e. The van der Waals surface area contributed by atoms with Gasteiger partial charge in [-0.2, -0.15) is 0 Å². The van der Waals surface area contributed by atoms with Crippen molar-refractivity contribution in [3.8, 4) is 0 Å². The highest BCUT2D eigenvalue weighted by Crippen LogP contribution is 2.13. The summed E-state index contributed by atoms with van der Waals surface area (Å²) in [7, 11) is 0. The molecule has 2 nitrogen and oxygen atoms in total. The molecule has 0 aromatic heterocycles. The van der Waals surface area contributed by atoms with E-state index in [0.717, 1.165) is 5.33 Å². The maximum absolute atomic E-state index is 5.34. The summed E-state index contributed by atoms with van der Waals surface area (Å²) >= 11 is 6.80. The number of ether oxygens (including phenoxy) is 2. The molecule has 1 atom stereocenters. The Kier molecular flexibility index (Phi) is 8.13. The normalized spacial score (nSPS) is 13.9. The molecule has 0 fully saturated rings. The minimum Gasteiger partial charge on any atom is -0.352 e. The van der Waals surface area contributed by atoms with Crippen molar-refractivity contribution in [2.75, 3.05) is 18.5 Å². The fraction of sp³-hybridized carbons (Fsp3) is 1.00. The number of rotatable bonds is 6. The van der Waals surface area contributed by atoms with Crippen molar-refractivity contribution in [2.24, 2.45) is 0 Å². The van der Waals surface area contributed by atoms with E-state index < -0.39 is 0 Å². The summed E-state index contributed by atoms with van der Waals surface area (Å²) in [4.78, 5) is 0.224. The Balaban J connectivity index is 3.66. The average molecular weight is 290 g/mol. The van der Waals surface area contributed by atoms with Crippen molar-refractivity contribution in [1.29, 1.82) is 0 Å². The molecule has 0 heterocycles. The van der Waals surface area contributed by atoms with Crippen molar-refractivity contribution in [3.05, 3.63) is 0 Å². The van der Waals surface area contributed by atoms with E-state index in [4.69, 9.17) is 9.47 Å². The van der Waals surface area contributed by atoms with Gasteiger partial charge < -0.3 is 9.47 Å². The molecule has 0 radical (unpaired) electrons. The first-order valence-corrected chi connectivity index (χ1v) is 5.73. The highest BCUT2D eigenvalue weighted by atomic mass is 79.9. The van der Waals surface area contributed by atoms with E-state index in [1.165, 1.54) is 0 Å². The minimum absolute atomic E-state index is 0.135. The molecule has 0 N–H and O–H groups in total. The Hall–Kier alpha value is 0.880. The van der Waals surface area contributed by atoms with E-state index in [1.807, 2.05) is 13.8 Å². The molecular weight excluding hydrogens is 276 g/mol. The van der Waals surface area contributed by atoms with Gasteiger partial charge in [0.25, 0.3) is 0 Å². The van der Waals surface area contributed by atoms with Crippen molar-refractivity contribution < 1.29 is 9.47 Å². The highest BCUT2D eigenvalue weighted by molar-refractivity contribution is 9.12. The molecule has 11 heavy (non-hydrogen) atoms. The lowest BCUT2D eigenvalue weighted by Gasteiger charge is -2.20. The highest BCUT2D eigenvalue weighted by Gasteiger charge is 2.17. The molecule has 0 bridgehead atoms. The Bertz CT molecular complexity index is 84.5. The lowest BCUT2D eigenvalue weighted by atomic mass is 10.5. The quantitative estimate of drug-likeness (QED) is 0.553. The molecule has 0 rings (SSSR count). The fourth-order valence-corrected chi connectivity index (χ4v) is 1.27. The van der Waals surface area contributed by atoms with Gasteiger partial charge in [0.05, 0.1) is 4.83 Å². The molecule has 0 aliphatic carbocycles. The Morgan fingerprint density at radius 2 is 1.64 bits per heavy atom. The van der Waals surface area contributed by atoms with Crippen LogP contribution in [0.1, 0.15) is 13.8 Å². The van der Waals surface area contributed by atoms with Gasteiger partial charge in [-0.05, 0) is 13.8 Å². The van der Waals surface area contributed by atoms with Gasteiger partial charge in [-0.15, -0.1) is 0 Å². The molecule has 0 amide bonds. The zero-order valence-corrected chi connectivity index (χ0v) is 10.0. The van der Waals surface area contributed by atoms with Gasteiger partial charge in [-0.1, -0.05) is 31.9 Å². The van der Waals surface area contributed by atoms with Gasteiger partial charge in [-0.3, -0.25) is 0 Å². The molecular formula is C7H14Br2O2. The van der Waals surface area contributed by atoms with Crippen LogP contribution in [-0.2, 0) is 9.47 Å².